The fourth-order valence-electron chi connectivity index (χ4n) is 3.54. The molecule has 3 aromatic rings. The number of carbonyl (C=O) groups excluding carboxylic acids is 1. The first-order chi connectivity index (χ1) is 12.6. The molecule has 0 radical (unpaired) electrons. The van der Waals surface area contributed by atoms with E-state index < -0.39 is 0 Å². The highest BCUT2D eigenvalue weighted by molar-refractivity contribution is 7.07. The van der Waals surface area contributed by atoms with E-state index in [1.807, 2.05) is 42.3 Å². The van der Waals surface area contributed by atoms with Crippen LogP contribution in [0.1, 0.15) is 34.1 Å². The Hall–Kier alpha value is -2.54. The summed E-state index contributed by atoms with van der Waals surface area (Å²) < 4.78 is 5.26. The number of likely N-dealkylation sites (tertiary alicyclic amines) is 1. The first-order valence-electron chi connectivity index (χ1n) is 8.68. The van der Waals surface area contributed by atoms with Crippen LogP contribution in [0, 0.1) is 19.8 Å². The summed E-state index contributed by atoms with van der Waals surface area (Å²) in [7, 11) is 0. The van der Waals surface area contributed by atoms with E-state index in [1.165, 1.54) is 11.3 Å². The monoisotopic (exact) mass is 368 g/mol. The molecule has 1 fully saturated rings. The van der Waals surface area contributed by atoms with Gasteiger partial charge in [-0.25, -0.2) is 4.98 Å². The molecule has 3 aromatic heterocycles. The van der Waals surface area contributed by atoms with Crippen molar-refractivity contribution in [3.8, 4) is 11.3 Å². The van der Waals surface area contributed by atoms with E-state index in [-0.39, 0.29) is 5.91 Å². The van der Waals surface area contributed by atoms with Crippen molar-refractivity contribution in [1.82, 2.24) is 20.0 Å². The summed E-state index contributed by atoms with van der Waals surface area (Å²) in [4.78, 5) is 23.3. The fraction of sp³-hybridized carbons (Fsp3) is 0.368. The summed E-state index contributed by atoms with van der Waals surface area (Å²) in [6, 6.07) is 6.06. The van der Waals surface area contributed by atoms with Gasteiger partial charge in [0.15, 0.2) is 0 Å². The Morgan fingerprint density at radius 3 is 3.00 bits per heavy atom. The average molecular weight is 368 g/mol. The first kappa shape index (κ1) is 16.9. The number of nitrogens with zero attached hydrogens (tertiary/aromatic N) is 4. The molecule has 1 atom stereocenters. The Balaban J connectivity index is 1.45. The molecule has 26 heavy (non-hydrogen) atoms. The molecule has 1 aliphatic heterocycles. The van der Waals surface area contributed by atoms with Crippen molar-refractivity contribution in [3.05, 3.63) is 51.9 Å². The second kappa shape index (κ2) is 6.99. The van der Waals surface area contributed by atoms with Crippen molar-refractivity contribution < 1.29 is 9.32 Å². The third-order valence-electron chi connectivity index (χ3n) is 4.82. The zero-order chi connectivity index (χ0) is 18.1. The van der Waals surface area contributed by atoms with Crippen molar-refractivity contribution in [2.75, 3.05) is 13.1 Å². The van der Waals surface area contributed by atoms with Gasteiger partial charge in [0.25, 0.3) is 5.91 Å². The second-order valence-corrected chi connectivity index (χ2v) is 7.42. The standard InChI is InChI=1S/C19H20N4O2S/c1-12-18(13(2)25-22-12)16-5-3-4-15(21-16)8-14-6-7-23(9-14)19(24)17-10-26-11-20-17/h3-5,10-11,14H,6-9H2,1-2H3/t14-/m1/s1. The van der Waals surface area contributed by atoms with Crippen LogP contribution >= 0.6 is 11.3 Å². The molecular formula is C19H20N4O2S. The molecular weight excluding hydrogens is 348 g/mol. The van der Waals surface area contributed by atoms with Crippen molar-refractivity contribution in [1.29, 1.82) is 0 Å². The topological polar surface area (TPSA) is 72.1 Å². The van der Waals surface area contributed by atoms with Gasteiger partial charge >= 0.3 is 0 Å². The van der Waals surface area contributed by atoms with Crippen LogP contribution in [0.5, 0.6) is 0 Å². The highest BCUT2D eigenvalue weighted by Gasteiger charge is 2.28. The smallest absolute Gasteiger partial charge is 0.273 e. The maximum atomic E-state index is 12.4. The van der Waals surface area contributed by atoms with E-state index in [9.17, 15) is 4.79 Å². The molecule has 0 spiro atoms. The number of rotatable bonds is 4. The maximum Gasteiger partial charge on any atom is 0.273 e. The second-order valence-electron chi connectivity index (χ2n) is 6.70. The van der Waals surface area contributed by atoms with Crippen molar-refractivity contribution in [2.24, 2.45) is 5.92 Å². The van der Waals surface area contributed by atoms with Gasteiger partial charge in [-0.3, -0.25) is 9.78 Å². The lowest BCUT2D eigenvalue weighted by Crippen LogP contribution is -2.29. The van der Waals surface area contributed by atoms with Crippen molar-refractivity contribution in [2.45, 2.75) is 26.7 Å². The fourth-order valence-corrected chi connectivity index (χ4v) is 4.07. The lowest BCUT2D eigenvalue weighted by molar-refractivity contribution is 0.0782. The van der Waals surface area contributed by atoms with Gasteiger partial charge in [-0.2, -0.15) is 0 Å². The lowest BCUT2D eigenvalue weighted by atomic mass is 10.0. The van der Waals surface area contributed by atoms with Crippen LogP contribution in [-0.4, -0.2) is 39.0 Å². The van der Waals surface area contributed by atoms with E-state index in [1.54, 1.807) is 5.51 Å². The zero-order valence-corrected chi connectivity index (χ0v) is 15.6. The highest BCUT2D eigenvalue weighted by atomic mass is 32.1. The quantitative estimate of drug-likeness (QED) is 0.705. The number of aryl methyl sites for hydroxylation is 2. The molecule has 1 amide bonds. The van der Waals surface area contributed by atoms with Crippen LogP contribution in [0.25, 0.3) is 11.3 Å². The summed E-state index contributed by atoms with van der Waals surface area (Å²) in [5.41, 5.74) is 6.01. The molecule has 1 saturated heterocycles. The lowest BCUT2D eigenvalue weighted by Gasteiger charge is -2.15. The van der Waals surface area contributed by atoms with Gasteiger partial charge in [0.05, 0.1) is 22.5 Å². The first-order valence-corrected chi connectivity index (χ1v) is 9.62. The Bertz CT molecular complexity index is 900. The average Bonchev–Trinajstić information content (AvgIpc) is 3.37. The number of pyridine rings is 1. The van der Waals surface area contributed by atoms with Crippen LogP contribution in [0.4, 0.5) is 0 Å². The van der Waals surface area contributed by atoms with Gasteiger partial charge in [-0.05, 0) is 44.7 Å². The van der Waals surface area contributed by atoms with Crippen LogP contribution < -0.4 is 0 Å². The molecule has 0 saturated carbocycles. The minimum absolute atomic E-state index is 0.0335. The normalized spacial score (nSPS) is 17.0. The molecule has 4 heterocycles. The number of hydrogen-bond acceptors (Lipinski definition) is 6. The molecule has 4 rings (SSSR count). The molecule has 0 N–H and O–H groups in total. The molecule has 1 aliphatic rings. The highest BCUT2D eigenvalue weighted by Crippen LogP contribution is 2.27. The predicted molar refractivity (Wildman–Crippen MR) is 99.0 cm³/mol. The third kappa shape index (κ3) is 3.26. The molecule has 0 aliphatic carbocycles. The summed E-state index contributed by atoms with van der Waals surface area (Å²) in [6.07, 6.45) is 1.85. The molecule has 0 aromatic carbocycles. The van der Waals surface area contributed by atoms with Gasteiger partial charge < -0.3 is 9.42 Å². The van der Waals surface area contributed by atoms with Crippen molar-refractivity contribution >= 4 is 17.2 Å². The summed E-state index contributed by atoms with van der Waals surface area (Å²) >= 11 is 1.45. The van der Waals surface area contributed by atoms with Crippen LogP contribution in [-0.2, 0) is 6.42 Å². The number of thiazole rings is 1. The van der Waals surface area contributed by atoms with E-state index in [4.69, 9.17) is 9.51 Å². The van der Waals surface area contributed by atoms with Gasteiger partial charge in [0.1, 0.15) is 11.5 Å². The van der Waals surface area contributed by atoms with Gasteiger partial charge in [0, 0.05) is 24.2 Å². The summed E-state index contributed by atoms with van der Waals surface area (Å²) in [6.45, 7) is 5.37. The van der Waals surface area contributed by atoms with Crippen LogP contribution in [0.3, 0.4) is 0 Å². The number of amides is 1. The van der Waals surface area contributed by atoms with E-state index in [2.05, 4.69) is 10.1 Å². The predicted octanol–water partition coefficient (Wildman–Crippen LogP) is 3.51. The van der Waals surface area contributed by atoms with Gasteiger partial charge in [-0.15, -0.1) is 11.3 Å². The Labute approximate surface area is 155 Å². The Morgan fingerprint density at radius 2 is 2.27 bits per heavy atom. The largest absolute Gasteiger partial charge is 0.361 e. The van der Waals surface area contributed by atoms with E-state index in [0.29, 0.717) is 11.6 Å². The number of aromatic nitrogens is 3. The summed E-state index contributed by atoms with van der Waals surface area (Å²) in [5, 5.41) is 5.82. The summed E-state index contributed by atoms with van der Waals surface area (Å²) in [5.74, 6) is 1.24. The third-order valence-corrected chi connectivity index (χ3v) is 5.41. The number of hydrogen-bond donors (Lipinski definition) is 0. The van der Waals surface area contributed by atoms with E-state index >= 15 is 0 Å². The minimum Gasteiger partial charge on any atom is -0.361 e. The van der Waals surface area contributed by atoms with Crippen molar-refractivity contribution in [3.63, 3.8) is 0 Å². The molecule has 0 bridgehead atoms. The molecule has 134 valence electrons. The van der Waals surface area contributed by atoms with E-state index in [0.717, 1.165) is 54.3 Å². The minimum atomic E-state index is 0.0335. The molecule has 0 unspecified atom stereocenters. The van der Waals surface area contributed by atoms with Crippen LogP contribution in [0.2, 0.25) is 0 Å². The number of carbonyl (C=O) groups is 1. The Morgan fingerprint density at radius 1 is 1.38 bits per heavy atom. The van der Waals surface area contributed by atoms with Crippen LogP contribution in [0.15, 0.2) is 33.6 Å². The SMILES string of the molecule is Cc1noc(C)c1-c1cccc(C[C@H]2CCN(C(=O)c3cscn3)C2)n1. The maximum absolute atomic E-state index is 12.4. The van der Waals surface area contributed by atoms with Gasteiger partial charge in [-0.1, -0.05) is 11.2 Å². The molecule has 6 nitrogen and oxygen atoms in total. The zero-order valence-electron chi connectivity index (χ0n) is 14.8. The molecule has 7 heteroatoms. The Kier molecular flexibility index (Phi) is 4.55. The van der Waals surface area contributed by atoms with Gasteiger partial charge in [0.2, 0.25) is 0 Å².